The number of aromatic hydroxyl groups is 1. The van der Waals surface area contributed by atoms with E-state index in [0.29, 0.717) is 27.4 Å². The lowest BCUT2D eigenvalue weighted by Gasteiger charge is -2.24. The summed E-state index contributed by atoms with van der Waals surface area (Å²) in [6.45, 7) is 0. The van der Waals surface area contributed by atoms with E-state index in [4.69, 9.17) is 16.0 Å². The Labute approximate surface area is 169 Å². The Morgan fingerprint density at radius 2 is 1.83 bits per heavy atom. The molecule has 0 aliphatic carbocycles. The van der Waals surface area contributed by atoms with E-state index in [9.17, 15) is 14.7 Å². The van der Waals surface area contributed by atoms with Crippen molar-refractivity contribution in [3.05, 3.63) is 99.0 Å². The van der Waals surface area contributed by atoms with Crippen molar-refractivity contribution in [2.45, 2.75) is 6.04 Å². The van der Waals surface area contributed by atoms with E-state index in [0.717, 1.165) is 0 Å². The molecule has 0 spiro atoms. The van der Waals surface area contributed by atoms with E-state index in [1.54, 1.807) is 48.7 Å². The van der Waals surface area contributed by atoms with Crippen LogP contribution in [0.4, 0.5) is 5.82 Å². The number of aromatic nitrogens is 1. The van der Waals surface area contributed by atoms with Gasteiger partial charge in [0.25, 0.3) is 5.91 Å². The number of benzene rings is 2. The van der Waals surface area contributed by atoms with Crippen LogP contribution in [0.5, 0.6) is 5.75 Å². The van der Waals surface area contributed by atoms with Crippen LogP contribution >= 0.6 is 11.6 Å². The number of rotatable bonds is 2. The number of carbonyl (C=O) groups excluding carboxylic acids is 1. The minimum absolute atomic E-state index is 0.0199. The molecule has 29 heavy (non-hydrogen) atoms. The fourth-order valence-corrected chi connectivity index (χ4v) is 3.82. The molecule has 142 valence electrons. The molecule has 0 saturated carbocycles. The smallest absolute Gasteiger partial charge is 0.296 e. The number of fused-ring (bicyclic) bond motifs is 2. The number of amides is 1. The van der Waals surface area contributed by atoms with Crippen molar-refractivity contribution in [3.8, 4) is 5.75 Å². The number of hydrogen-bond donors (Lipinski definition) is 1. The summed E-state index contributed by atoms with van der Waals surface area (Å²) in [6.07, 6.45) is 1.57. The molecule has 0 fully saturated rings. The first kappa shape index (κ1) is 17.5. The van der Waals surface area contributed by atoms with Crippen LogP contribution in [-0.4, -0.2) is 16.0 Å². The van der Waals surface area contributed by atoms with Gasteiger partial charge in [-0.05, 0) is 48.0 Å². The largest absolute Gasteiger partial charge is 0.508 e. The van der Waals surface area contributed by atoms with Crippen molar-refractivity contribution in [1.29, 1.82) is 0 Å². The number of nitrogens with zero attached hydrogens (tertiary/aromatic N) is 2. The van der Waals surface area contributed by atoms with Crippen molar-refractivity contribution in [3.63, 3.8) is 0 Å². The second-order valence-electron chi connectivity index (χ2n) is 6.67. The second kappa shape index (κ2) is 6.46. The zero-order valence-corrected chi connectivity index (χ0v) is 15.6. The van der Waals surface area contributed by atoms with E-state index in [2.05, 4.69) is 4.98 Å². The predicted octanol–water partition coefficient (Wildman–Crippen LogP) is 4.30. The van der Waals surface area contributed by atoms with Gasteiger partial charge in [0.1, 0.15) is 17.2 Å². The van der Waals surface area contributed by atoms with Crippen LogP contribution in [0.25, 0.3) is 11.0 Å². The van der Waals surface area contributed by atoms with Crippen LogP contribution in [0.3, 0.4) is 0 Å². The fourth-order valence-electron chi connectivity index (χ4n) is 3.65. The van der Waals surface area contributed by atoms with Gasteiger partial charge < -0.3 is 9.52 Å². The second-order valence-corrected chi connectivity index (χ2v) is 7.11. The summed E-state index contributed by atoms with van der Waals surface area (Å²) in [5, 5.41) is 10.4. The standard InChI is InChI=1S/C22H13ClN2O4/c23-13-6-9-16-15(11-13)20(27)18-19(12-4-7-14(26)8-5-12)25(22(28)21(18)29-16)17-3-1-2-10-24-17/h1-11,19,26H. The Balaban J connectivity index is 1.83. The summed E-state index contributed by atoms with van der Waals surface area (Å²) >= 11 is 6.07. The summed E-state index contributed by atoms with van der Waals surface area (Å²) in [5.41, 5.74) is 0.836. The number of anilines is 1. The highest BCUT2D eigenvalue weighted by molar-refractivity contribution is 6.31. The molecule has 0 saturated heterocycles. The topological polar surface area (TPSA) is 83.6 Å². The molecule has 0 radical (unpaired) electrons. The third kappa shape index (κ3) is 2.68. The van der Waals surface area contributed by atoms with Crippen molar-refractivity contribution >= 4 is 34.3 Å². The number of pyridine rings is 1. The Morgan fingerprint density at radius 1 is 1.03 bits per heavy atom. The van der Waals surface area contributed by atoms with Gasteiger partial charge in [-0.15, -0.1) is 0 Å². The van der Waals surface area contributed by atoms with Crippen LogP contribution in [-0.2, 0) is 0 Å². The lowest BCUT2D eigenvalue weighted by molar-refractivity contribution is 0.0970. The van der Waals surface area contributed by atoms with Gasteiger partial charge in [0.15, 0.2) is 5.43 Å². The van der Waals surface area contributed by atoms with Gasteiger partial charge in [0.05, 0.1) is 17.0 Å². The molecule has 3 heterocycles. The van der Waals surface area contributed by atoms with Crippen molar-refractivity contribution in [1.82, 2.24) is 4.98 Å². The molecule has 1 aliphatic rings. The summed E-state index contributed by atoms with van der Waals surface area (Å²) < 4.78 is 5.85. The highest BCUT2D eigenvalue weighted by Gasteiger charge is 2.44. The summed E-state index contributed by atoms with van der Waals surface area (Å²) in [5.74, 6) is 0.00255. The number of halogens is 1. The minimum Gasteiger partial charge on any atom is -0.508 e. The van der Waals surface area contributed by atoms with Crippen molar-refractivity contribution < 1.29 is 14.3 Å². The number of phenols is 1. The number of phenolic OH excluding ortho intramolecular Hbond substituents is 1. The van der Waals surface area contributed by atoms with Crippen LogP contribution in [0, 0.1) is 0 Å². The maximum Gasteiger partial charge on any atom is 0.296 e. The monoisotopic (exact) mass is 404 g/mol. The SMILES string of the molecule is O=C1c2oc3ccc(Cl)cc3c(=O)c2C(c2ccc(O)cc2)N1c1ccccn1. The lowest BCUT2D eigenvalue weighted by atomic mass is 9.98. The molecule has 7 heteroatoms. The van der Waals surface area contributed by atoms with Crippen LogP contribution in [0.15, 0.2) is 76.1 Å². The zero-order chi connectivity index (χ0) is 20.1. The first-order valence-corrected chi connectivity index (χ1v) is 9.22. The molecule has 4 aromatic rings. The molecule has 1 N–H and O–H groups in total. The third-order valence-electron chi connectivity index (χ3n) is 4.94. The first-order chi connectivity index (χ1) is 14.0. The summed E-state index contributed by atoms with van der Waals surface area (Å²) in [6, 6.07) is 15.5. The molecule has 2 aromatic carbocycles. The molecule has 2 aromatic heterocycles. The maximum absolute atomic E-state index is 13.4. The number of carbonyl (C=O) groups is 1. The van der Waals surface area contributed by atoms with Gasteiger partial charge >= 0.3 is 0 Å². The first-order valence-electron chi connectivity index (χ1n) is 8.84. The fraction of sp³-hybridized carbons (Fsp3) is 0.0455. The average molecular weight is 405 g/mol. The minimum atomic E-state index is -0.743. The van der Waals surface area contributed by atoms with E-state index >= 15 is 0 Å². The molecule has 1 unspecified atom stereocenters. The van der Waals surface area contributed by atoms with Crippen LogP contribution in [0.1, 0.15) is 27.7 Å². The van der Waals surface area contributed by atoms with Crippen molar-refractivity contribution in [2.75, 3.05) is 4.90 Å². The Kier molecular flexibility index (Phi) is 3.89. The summed E-state index contributed by atoms with van der Waals surface area (Å²) in [4.78, 5) is 32.4. The van der Waals surface area contributed by atoms with E-state index in [-0.39, 0.29) is 22.5 Å². The molecular formula is C22H13ClN2O4. The van der Waals surface area contributed by atoms with Crippen molar-refractivity contribution in [2.24, 2.45) is 0 Å². The zero-order valence-electron chi connectivity index (χ0n) is 14.9. The number of hydrogen-bond acceptors (Lipinski definition) is 5. The lowest BCUT2D eigenvalue weighted by Crippen LogP contribution is -2.30. The molecular weight excluding hydrogens is 392 g/mol. The van der Waals surface area contributed by atoms with E-state index in [1.165, 1.54) is 23.1 Å². The summed E-state index contributed by atoms with van der Waals surface area (Å²) in [7, 11) is 0. The highest BCUT2D eigenvalue weighted by atomic mass is 35.5. The molecule has 1 amide bonds. The highest BCUT2D eigenvalue weighted by Crippen LogP contribution is 2.40. The Hall–Kier alpha value is -3.64. The molecule has 6 nitrogen and oxygen atoms in total. The average Bonchev–Trinajstić information content (AvgIpc) is 3.03. The third-order valence-corrected chi connectivity index (χ3v) is 5.17. The predicted molar refractivity (Wildman–Crippen MR) is 108 cm³/mol. The van der Waals surface area contributed by atoms with Crippen LogP contribution in [0.2, 0.25) is 5.02 Å². The molecule has 1 atom stereocenters. The van der Waals surface area contributed by atoms with Gasteiger partial charge in [-0.1, -0.05) is 29.8 Å². The molecule has 5 rings (SSSR count). The Morgan fingerprint density at radius 3 is 2.55 bits per heavy atom. The van der Waals surface area contributed by atoms with Gasteiger partial charge in [0, 0.05) is 11.2 Å². The van der Waals surface area contributed by atoms with E-state index in [1.807, 2.05) is 0 Å². The van der Waals surface area contributed by atoms with Gasteiger partial charge in [-0.3, -0.25) is 14.5 Å². The van der Waals surface area contributed by atoms with Gasteiger partial charge in [-0.25, -0.2) is 4.98 Å². The normalized spacial score (nSPS) is 15.7. The van der Waals surface area contributed by atoms with Gasteiger partial charge in [-0.2, -0.15) is 0 Å². The maximum atomic E-state index is 13.4. The molecule has 0 bridgehead atoms. The molecule has 1 aliphatic heterocycles. The van der Waals surface area contributed by atoms with Crippen LogP contribution < -0.4 is 10.3 Å². The van der Waals surface area contributed by atoms with Gasteiger partial charge in [0.2, 0.25) is 5.76 Å². The Bertz CT molecular complexity index is 1320. The quantitative estimate of drug-likeness (QED) is 0.538. The van der Waals surface area contributed by atoms with E-state index < -0.39 is 11.9 Å².